The van der Waals surface area contributed by atoms with Crippen molar-refractivity contribution in [1.29, 1.82) is 0 Å². The van der Waals surface area contributed by atoms with Gasteiger partial charge >= 0.3 is 0 Å². The summed E-state index contributed by atoms with van der Waals surface area (Å²) >= 11 is 0. The van der Waals surface area contributed by atoms with Crippen LogP contribution in [-0.4, -0.2) is 31.2 Å². The monoisotopic (exact) mass is 375 g/mol. The van der Waals surface area contributed by atoms with Gasteiger partial charge in [0.2, 0.25) is 15.9 Å². The average molecular weight is 375 g/mol. The molecule has 1 aromatic heterocycles. The number of aryl methyl sites for hydroxylation is 1. The van der Waals surface area contributed by atoms with Gasteiger partial charge in [-0.25, -0.2) is 8.42 Å². The van der Waals surface area contributed by atoms with Gasteiger partial charge in [0, 0.05) is 37.6 Å². The van der Waals surface area contributed by atoms with Crippen LogP contribution in [0.15, 0.2) is 48.8 Å². The van der Waals surface area contributed by atoms with Crippen LogP contribution in [0.2, 0.25) is 0 Å². The number of hydrogen-bond acceptors (Lipinski definition) is 3. The van der Waals surface area contributed by atoms with E-state index in [1.165, 1.54) is 4.31 Å². The third kappa shape index (κ3) is 4.88. The molecule has 1 aromatic carbocycles. The predicted molar refractivity (Wildman–Crippen MR) is 104 cm³/mol. The highest BCUT2D eigenvalue weighted by atomic mass is 32.2. The first kappa shape index (κ1) is 18.5. The van der Waals surface area contributed by atoms with E-state index in [9.17, 15) is 13.2 Å². The Morgan fingerprint density at radius 3 is 2.42 bits per heavy atom. The molecule has 1 saturated heterocycles. The van der Waals surface area contributed by atoms with Gasteiger partial charge in [0.25, 0.3) is 0 Å². The summed E-state index contributed by atoms with van der Waals surface area (Å²) in [6.45, 7) is 1.51. The van der Waals surface area contributed by atoms with E-state index in [0.717, 1.165) is 25.8 Å². The Morgan fingerprint density at radius 2 is 1.77 bits per heavy atom. The predicted octanol–water partition coefficient (Wildman–Crippen LogP) is 3.23. The van der Waals surface area contributed by atoms with Gasteiger partial charge in [-0.1, -0.05) is 6.42 Å². The van der Waals surface area contributed by atoms with E-state index < -0.39 is 10.0 Å². The van der Waals surface area contributed by atoms with Crippen LogP contribution in [0.3, 0.4) is 0 Å². The second kappa shape index (κ2) is 8.40. The summed E-state index contributed by atoms with van der Waals surface area (Å²) in [5, 5.41) is 2.87. The summed E-state index contributed by atoms with van der Waals surface area (Å²) in [5.74, 6) is 0.197. The van der Waals surface area contributed by atoms with Crippen molar-refractivity contribution in [2.75, 3.05) is 21.9 Å². The standard InChI is InChI=1S/C19H25N3O3S/c23-19(7-2-1-3-12-21-13-4-5-14-21)20-17-8-10-18(11-9-17)22-15-6-16-26(22,24)25/h4-5,8-11,13-14H,1-3,6-7,12,15-16H2,(H,20,23). The van der Waals surface area contributed by atoms with E-state index in [1.807, 2.05) is 24.5 Å². The molecular weight excluding hydrogens is 350 g/mol. The van der Waals surface area contributed by atoms with Crippen LogP contribution in [0.4, 0.5) is 11.4 Å². The molecule has 0 spiro atoms. The van der Waals surface area contributed by atoms with Crippen molar-refractivity contribution in [2.24, 2.45) is 0 Å². The molecule has 6 nitrogen and oxygen atoms in total. The first-order chi connectivity index (χ1) is 12.5. The fourth-order valence-electron chi connectivity index (χ4n) is 3.14. The summed E-state index contributed by atoms with van der Waals surface area (Å²) < 4.78 is 27.4. The zero-order valence-corrected chi connectivity index (χ0v) is 15.6. The number of amides is 1. The SMILES string of the molecule is O=C(CCCCCn1cccc1)Nc1ccc(N2CCCS2(=O)=O)cc1. The van der Waals surface area contributed by atoms with Crippen molar-refractivity contribution < 1.29 is 13.2 Å². The van der Waals surface area contributed by atoms with E-state index in [2.05, 4.69) is 9.88 Å². The Hall–Kier alpha value is -2.28. The number of hydrogen-bond donors (Lipinski definition) is 1. The largest absolute Gasteiger partial charge is 0.354 e. The van der Waals surface area contributed by atoms with E-state index in [1.54, 1.807) is 24.3 Å². The molecule has 1 aliphatic heterocycles. The first-order valence-electron chi connectivity index (χ1n) is 9.06. The number of sulfonamides is 1. The Labute approximate surface area is 154 Å². The highest BCUT2D eigenvalue weighted by Crippen LogP contribution is 2.25. The maximum atomic E-state index is 12.0. The molecule has 1 amide bonds. The molecular formula is C19H25N3O3S. The van der Waals surface area contributed by atoms with E-state index in [0.29, 0.717) is 30.8 Å². The quantitative estimate of drug-likeness (QED) is 0.720. The number of nitrogens with one attached hydrogen (secondary N) is 1. The minimum Gasteiger partial charge on any atom is -0.354 e. The van der Waals surface area contributed by atoms with Crippen LogP contribution in [-0.2, 0) is 21.4 Å². The fourth-order valence-corrected chi connectivity index (χ4v) is 4.70. The number of carbonyl (C=O) groups is 1. The normalized spacial score (nSPS) is 15.9. The van der Waals surface area contributed by atoms with Gasteiger partial charge in [-0.3, -0.25) is 9.10 Å². The van der Waals surface area contributed by atoms with E-state index >= 15 is 0 Å². The van der Waals surface area contributed by atoms with Crippen LogP contribution in [0.25, 0.3) is 0 Å². The van der Waals surface area contributed by atoms with Crippen molar-refractivity contribution >= 4 is 27.3 Å². The van der Waals surface area contributed by atoms with Gasteiger partial charge in [0.15, 0.2) is 0 Å². The number of benzene rings is 1. The van der Waals surface area contributed by atoms with Gasteiger partial charge in [0.05, 0.1) is 11.4 Å². The lowest BCUT2D eigenvalue weighted by molar-refractivity contribution is -0.116. The van der Waals surface area contributed by atoms with Crippen molar-refractivity contribution in [1.82, 2.24) is 4.57 Å². The molecule has 2 heterocycles. The van der Waals surface area contributed by atoms with Crippen molar-refractivity contribution in [2.45, 2.75) is 38.6 Å². The maximum Gasteiger partial charge on any atom is 0.235 e. The number of rotatable bonds is 8. The summed E-state index contributed by atoms with van der Waals surface area (Å²) in [6.07, 6.45) is 8.17. The van der Waals surface area contributed by atoms with Crippen molar-refractivity contribution in [3.8, 4) is 0 Å². The molecule has 140 valence electrons. The Balaban J connectivity index is 1.40. The molecule has 1 aliphatic rings. The second-order valence-corrected chi connectivity index (χ2v) is 8.58. The maximum absolute atomic E-state index is 12.0. The topological polar surface area (TPSA) is 71.4 Å². The molecule has 1 N–H and O–H groups in total. The number of nitrogens with zero attached hydrogens (tertiary/aromatic N) is 2. The lowest BCUT2D eigenvalue weighted by Crippen LogP contribution is -2.24. The molecule has 7 heteroatoms. The zero-order chi connectivity index (χ0) is 18.4. The molecule has 0 unspecified atom stereocenters. The van der Waals surface area contributed by atoms with Gasteiger partial charge in [0.1, 0.15) is 0 Å². The van der Waals surface area contributed by atoms with Crippen molar-refractivity contribution in [3.63, 3.8) is 0 Å². The van der Waals surface area contributed by atoms with Crippen molar-refractivity contribution in [3.05, 3.63) is 48.8 Å². The minimum atomic E-state index is -3.17. The van der Waals surface area contributed by atoms with Crippen LogP contribution in [0.1, 0.15) is 32.1 Å². The van der Waals surface area contributed by atoms with Gasteiger partial charge in [-0.05, 0) is 55.7 Å². The molecule has 2 aromatic rings. The first-order valence-corrected chi connectivity index (χ1v) is 10.7. The summed E-state index contributed by atoms with van der Waals surface area (Å²) in [4.78, 5) is 12.0. The van der Waals surface area contributed by atoms with E-state index in [4.69, 9.17) is 0 Å². The summed E-state index contributed by atoms with van der Waals surface area (Å²) in [6, 6.07) is 11.0. The number of aromatic nitrogens is 1. The number of anilines is 2. The lowest BCUT2D eigenvalue weighted by Gasteiger charge is -2.17. The Kier molecular flexibility index (Phi) is 5.98. The van der Waals surface area contributed by atoms with Gasteiger partial charge in [-0.2, -0.15) is 0 Å². The average Bonchev–Trinajstić information content (AvgIpc) is 3.24. The van der Waals surface area contributed by atoms with Gasteiger partial charge in [-0.15, -0.1) is 0 Å². The molecule has 0 aliphatic carbocycles. The van der Waals surface area contributed by atoms with Crippen LogP contribution in [0, 0.1) is 0 Å². The molecule has 0 bridgehead atoms. The Bertz CT molecular complexity index is 814. The van der Waals surface area contributed by atoms with Gasteiger partial charge < -0.3 is 9.88 Å². The second-order valence-electron chi connectivity index (χ2n) is 6.57. The van der Waals surface area contributed by atoms with Crippen LogP contribution in [0.5, 0.6) is 0 Å². The highest BCUT2D eigenvalue weighted by Gasteiger charge is 2.28. The Morgan fingerprint density at radius 1 is 1.04 bits per heavy atom. The molecule has 3 rings (SSSR count). The minimum absolute atomic E-state index is 0.00694. The molecule has 0 radical (unpaired) electrons. The number of unbranched alkanes of at least 4 members (excludes halogenated alkanes) is 2. The molecule has 1 fully saturated rings. The molecule has 26 heavy (non-hydrogen) atoms. The van der Waals surface area contributed by atoms with Crippen LogP contribution >= 0.6 is 0 Å². The highest BCUT2D eigenvalue weighted by molar-refractivity contribution is 7.93. The summed E-state index contributed by atoms with van der Waals surface area (Å²) in [5.41, 5.74) is 1.35. The summed E-state index contributed by atoms with van der Waals surface area (Å²) in [7, 11) is -3.17. The third-order valence-corrected chi connectivity index (χ3v) is 6.39. The smallest absolute Gasteiger partial charge is 0.235 e. The fraction of sp³-hybridized carbons (Fsp3) is 0.421. The number of carbonyl (C=O) groups excluding carboxylic acids is 1. The molecule has 0 saturated carbocycles. The molecule has 0 atom stereocenters. The van der Waals surface area contributed by atoms with E-state index in [-0.39, 0.29) is 11.7 Å². The van der Waals surface area contributed by atoms with Crippen LogP contribution < -0.4 is 9.62 Å². The lowest BCUT2D eigenvalue weighted by atomic mass is 10.2. The third-order valence-electron chi connectivity index (χ3n) is 4.52. The zero-order valence-electron chi connectivity index (χ0n) is 14.8.